The third-order valence-electron chi connectivity index (χ3n) is 2.03. The number of rotatable bonds is 1. The molecular formula is C9H8FI. The van der Waals surface area contributed by atoms with Crippen LogP contribution in [0.25, 0.3) is 0 Å². The fraction of sp³-hybridized carbons (Fsp3) is 0.333. The summed E-state index contributed by atoms with van der Waals surface area (Å²) in [5.41, 5.74) is 1.14. The second-order valence-corrected chi connectivity index (χ2v) is 5.04. The minimum Gasteiger partial charge on any atom is -0.207 e. The van der Waals surface area contributed by atoms with Gasteiger partial charge in [0, 0.05) is 3.42 Å². The van der Waals surface area contributed by atoms with Crippen molar-refractivity contribution >= 4 is 22.6 Å². The molecule has 1 aromatic rings. The van der Waals surface area contributed by atoms with Gasteiger partial charge < -0.3 is 0 Å². The maximum Gasteiger partial charge on any atom is 0.123 e. The van der Waals surface area contributed by atoms with Crippen molar-refractivity contribution in [1.29, 1.82) is 0 Å². The summed E-state index contributed by atoms with van der Waals surface area (Å²) in [4.78, 5) is 0. The summed E-state index contributed by atoms with van der Waals surface area (Å²) >= 11 is 2.40. The van der Waals surface area contributed by atoms with Crippen LogP contribution in [0.4, 0.5) is 4.39 Å². The summed E-state index contributed by atoms with van der Waals surface area (Å²) in [5, 5.41) is 0. The van der Waals surface area contributed by atoms with E-state index < -0.39 is 0 Å². The molecule has 58 valence electrons. The fourth-order valence-electron chi connectivity index (χ4n) is 1.17. The van der Waals surface area contributed by atoms with Gasteiger partial charge in [-0.25, -0.2) is 4.39 Å². The van der Waals surface area contributed by atoms with Crippen LogP contribution in [0.2, 0.25) is 0 Å². The molecule has 0 bridgehead atoms. The first-order valence-electron chi connectivity index (χ1n) is 3.66. The van der Waals surface area contributed by atoms with Crippen molar-refractivity contribution in [1.82, 2.24) is 0 Å². The molecule has 0 aromatic heterocycles. The van der Waals surface area contributed by atoms with Crippen LogP contribution in [0.5, 0.6) is 0 Å². The zero-order valence-electron chi connectivity index (χ0n) is 5.98. The molecule has 2 rings (SSSR count). The van der Waals surface area contributed by atoms with E-state index >= 15 is 0 Å². The quantitative estimate of drug-likeness (QED) is 0.538. The lowest BCUT2D eigenvalue weighted by atomic mass is 10.1. The summed E-state index contributed by atoms with van der Waals surface area (Å²) in [6.07, 6.45) is 2.38. The van der Waals surface area contributed by atoms with Crippen molar-refractivity contribution in [3.05, 3.63) is 35.6 Å². The zero-order valence-corrected chi connectivity index (χ0v) is 8.14. The molecule has 1 aliphatic rings. The minimum atomic E-state index is -0.120. The third kappa shape index (κ3) is 1.41. The van der Waals surface area contributed by atoms with E-state index in [2.05, 4.69) is 22.6 Å². The second kappa shape index (κ2) is 2.44. The Morgan fingerprint density at radius 1 is 1.36 bits per heavy atom. The van der Waals surface area contributed by atoms with Gasteiger partial charge in [0.15, 0.2) is 0 Å². The predicted molar refractivity (Wildman–Crippen MR) is 51.3 cm³/mol. The number of alkyl halides is 1. The average Bonchev–Trinajstić information content (AvgIpc) is 2.70. The molecule has 0 N–H and O–H groups in total. The standard InChI is InChI=1S/C9H8FI/c10-8-3-1-2-7(6-8)9(11)4-5-9/h1-3,6H,4-5H2. The van der Waals surface area contributed by atoms with Crippen molar-refractivity contribution in [2.24, 2.45) is 0 Å². The molecular weight excluding hydrogens is 254 g/mol. The van der Waals surface area contributed by atoms with Gasteiger partial charge in [0.05, 0.1) is 0 Å². The van der Waals surface area contributed by atoms with Gasteiger partial charge in [-0.15, -0.1) is 0 Å². The van der Waals surface area contributed by atoms with Crippen LogP contribution in [0.15, 0.2) is 24.3 Å². The molecule has 0 atom stereocenters. The summed E-state index contributed by atoms with van der Waals surface area (Å²) < 4.78 is 13.0. The smallest absolute Gasteiger partial charge is 0.123 e. The topological polar surface area (TPSA) is 0 Å². The lowest BCUT2D eigenvalue weighted by Crippen LogP contribution is -1.94. The number of benzene rings is 1. The Kier molecular flexibility index (Phi) is 1.67. The highest BCUT2D eigenvalue weighted by atomic mass is 127. The first-order valence-corrected chi connectivity index (χ1v) is 4.74. The monoisotopic (exact) mass is 262 g/mol. The van der Waals surface area contributed by atoms with Gasteiger partial charge in [0.2, 0.25) is 0 Å². The molecule has 0 radical (unpaired) electrons. The molecule has 0 aliphatic heterocycles. The molecule has 1 aromatic carbocycles. The predicted octanol–water partition coefficient (Wildman–Crippen LogP) is 3.25. The Hall–Kier alpha value is -0.120. The van der Waals surface area contributed by atoms with Crippen LogP contribution in [0.1, 0.15) is 18.4 Å². The molecule has 0 heterocycles. The third-order valence-corrected chi connectivity index (χ3v) is 3.73. The van der Waals surface area contributed by atoms with Gasteiger partial charge in [0.25, 0.3) is 0 Å². The SMILES string of the molecule is Fc1cccc(C2(I)CC2)c1. The van der Waals surface area contributed by atoms with Gasteiger partial charge in [-0.3, -0.25) is 0 Å². The molecule has 0 amide bonds. The molecule has 2 heteroatoms. The van der Waals surface area contributed by atoms with Crippen molar-refractivity contribution in [3.63, 3.8) is 0 Å². The fourth-order valence-corrected chi connectivity index (χ4v) is 1.77. The number of hydrogen-bond donors (Lipinski definition) is 0. The molecule has 0 nitrogen and oxygen atoms in total. The molecule has 1 saturated carbocycles. The highest BCUT2D eigenvalue weighted by Gasteiger charge is 2.41. The van der Waals surface area contributed by atoms with E-state index in [1.807, 2.05) is 6.07 Å². The van der Waals surface area contributed by atoms with Crippen LogP contribution in [-0.2, 0) is 3.42 Å². The van der Waals surface area contributed by atoms with Crippen molar-refractivity contribution in [2.75, 3.05) is 0 Å². The van der Waals surface area contributed by atoms with E-state index in [1.54, 1.807) is 12.1 Å². The minimum absolute atomic E-state index is 0.120. The maximum absolute atomic E-state index is 12.7. The van der Waals surface area contributed by atoms with Gasteiger partial charge in [0.1, 0.15) is 5.82 Å². The summed E-state index contributed by atoms with van der Waals surface area (Å²) in [7, 11) is 0. The molecule has 0 saturated heterocycles. The Bertz CT molecular complexity index is 279. The molecule has 0 spiro atoms. The van der Waals surface area contributed by atoms with E-state index in [-0.39, 0.29) is 9.24 Å². The molecule has 11 heavy (non-hydrogen) atoms. The maximum atomic E-state index is 12.7. The first kappa shape index (κ1) is 7.53. The largest absolute Gasteiger partial charge is 0.207 e. The Morgan fingerprint density at radius 3 is 2.64 bits per heavy atom. The Labute approximate surface area is 78.9 Å². The van der Waals surface area contributed by atoms with E-state index in [0.717, 1.165) is 5.56 Å². The lowest BCUT2D eigenvalue weighted by molar-refractivity contribution is 0.625. The van der Waals surface area contributed by atoms with Crippen molar-refractivity contribution < 1.29 is 4.39 Å². The molecule has 0 unspecified atom stereocenters. The Morgan fingerprint density at radius 2 is 2.09 bits per heavy atom. The number of hydrogen-bond acceptors (Lipinski definition) is 0. The Balaban J connectivity index is 2.38. The van der Waals surface area contributed by atoms with Crippen LogP contribution in [0.3, 0.4) is 0 Å². The highest BCUT2D eigenvalue weighted by Crippen LogP contribution is 2.54. The van der Waals surface area contributed by atoms with Gasteiger partial charge in [-0.2, -0.15) is 0 Å². The van der Waals surface area contributed by atoms with E-state index in [1.165, 1.54) is 18.9 Å². The van der Waals surface area contributed by atoms with Crippen LogP contribution in [-0.4, -0.2) is 0 Å². The summed E-state index contributed by atoms with van der Waals surface area (Å²) in [5.74, 6) is -0.120. The van der Waals surface area contributed by atoms with Crippen molar-refractivity contribution in [3.8, 4) is 0 Å². The summed E-state index contributed by atoms with van der Waals surface area (Å²) in [6, 6.07) is 6.91. The van der Waals surface area contributed by atoms with E-state index in [4.69, 9.17) is 0 Å². The van der Waals surface area contributed by atoms with Crippen molar-refractivity contribution in [2.45, 2.75) is 16.3 Å². The highest BCUT2D eigenvalue weighted by molar-refractivity contribution is 14.1. The second-order valence-electron chi connectivity index (χ2n) is 2.98. The first-order chi connectivity index (χ1) is 5.21. The van der Waals surface area contributed by atoms with Crippen LogP contribution >= 0.6 is 22.6 Å². The molecule has 1 fully saturated rings. The van der Waals surface area contributed by atoms with Crippen LogP contribution < -0.4 is 0 Å². The summed E-state index contributed by atoms with van der Waals surface area (Å²) in [6.45, 7) is 0. The lowest BCUT2D eigenvalue weighted by Gasteiger charge is -2.05. The van der Waals surface area contributed by atoms with Gasteiger partial charge in [-0.1, -0.05) is 34.7 Å². The van der Waals surface area contributed by atoms with Gasteiger partial charge in [-0.05, 0) is 30.5 Å². The van der Waals surface area contributed by atoms with Gasteiger partial charge >= 0.3 is 0 Å². The van der Waals surface area contributed by atoms with E-state index in [0.29, 0.717) is 0 Å². The average molecular weight is 262 g/mol. The normalized spacial score (nSPS) is 19.8. The number of halogens is 2. The van der Waals surface area contributed by atoms with Crippen LogP contribution in [0, 0.1) is 5.82 Å². The zero-order chi connectivity index (χ0) is 7.90. The molecule has 1 aliphatic carbocycles. The van der Waals surface area contributed by atoms with E-state index in [9.17, 15) is 4.39 Å².